The zero-order chi connectivity index (χ0) is 19.5. The number of para-hydroxylation sites is 2. The molecule has 0 amide bonds. The lowest BCUT2D eigenvalue weighted by Gasteiger charge is -2.36. The zero-order valence-electron chi connectivity index (χ0n) is 16.3. The average molecular weight is 380 g/mol. The number of benzene rings is 1. The molecule has 3 heterocycles. The third-order valence-electron chi connectivity index (χ3n) is 4.71. The Kier molecular flexibility index (Phi) is 5.01. The van der Waals surface area contributed by atoms with Crippen LogP contribution in [-0.2, 0) is 0 Å². The fourth-order valence-corrected chi connectivity index (χ4v) is 3.35. The van der Waals surface area contributed by atoms with Gasteiger partial charge >= 0.3 is 0 Å². The van der Waals surface area contributed by atoms with E-state index >= 15 is 0 Å². The van der Waals surface area contributed by atoms with Crippen LogP contribution in [0.1, 0.15) is 11.5 Å². The van der Waals surface area contributed by atoms with Crippen molar-refractivity contribution < 1.29 is 9.26 Å². The predicted octanol–water partition coefficient (Wildman–Crippen LogP) is 3.16. The third kappa shape index (κ3) is 3.85. The van der Waals surface area contributed by atoms with Crippen LogP contribution in [0.4, 0.5) is 23.3 Å². The molecule has 0 saturated carbocycles. The number of nitrogens with one attached hydrogen (secondary N) is 1. The normalized spacial score (nSPS) is 14.2. The first-order valence-electron chi connectivity index (χ1n) is 9.31. The molecule has 3 aromatic rings. The maximum Gasteiger partial charge on any atom is 0.227 e. The van der Waals surface area contributed by atoms with Gasteiger partial charge in [-0.25, -0.2) is 4.98 Å². The van der Waals surface area contributed by atoms with Crippen LogP contribution in [-0.4, -0.2) is 48.4 Å². The summed E-state index contributed by atoms with van der Waals surface area (Å²) < 4.78 is 10.6. The van der Waals surface area contributed by atoms with Gasteiger partial charge in [0.15, 0.2) is 5.82 Å². The van der Waals surface area contributed by atoms with E-state index in [0.717, 1.165) is 55.0 Å². The highest BCUT2D eigenvalue weighted by atomic mass is 16.5. The highest BCUT2D eigenvalue weighted by molar-refractivity contribution is 5.60. The van der Waals surface area contributed by atoms with Crippen molar-refractivity contribution in [3.8, 4) is 5.75 Å². The van der Waals surface area contributed by atoms with Gasteiger partial charge in [0.2, 0.25) is 5.95 Å². The van der Waals surface area contributed by atoms with E-state index < -0.39 is 0 Å². The van der Waals surface area contributed by atoms with Gasteiger partial charge in [-0.2, -0.15) is 4.98 Å². The van der Waals surface area contributed by atoms with E-state index in [2.05, 4.69) is 36.3 Å². The van der Waals surface area contributed by atoms with Crippen LogP contribution in [0.3, 0.4) is 0 Å². The van der Waals surface area contributed by atoms with Gasteiger partial charge in [0.1, 0.15) is 17.3 Å². The lowest BCUT2D eigenvalue weighted by Crippen LogP contribution is -2.47. The summed E-state index contributed by atoms with van der Waals surface area (Å²) in [5, 5.41) is 7.15. The number of ether oxygens (including phenoxy) is 1. The molecule has 8 heteroatoms. The second-order valence-corrected chi connectivity index (χ2v) is 6.79. The van der Waals surface area contributed by atoms with E-state index in [4.69, 9.17) is 9.26 Å². The minimum Gasteiger partial charge on any atom is -0.495 e. The first-order valence-corrected chi connectivity index (χ1v) is 9.31. The predicted molar refractivity (Wildman–Crippen MR) is 109 cm³/mol. The lowest BCUT2D eigenvalue weighted by atomic mass is 10.2. The second-order valence-electron chi connectivity index (χ2n) is 6.79. The van der Waals surface area contributed by atoms with Gasteiger partial charge in [-0.1, -0.05) is 17.3 Å². The molecule has 28 heavy (non-hydrogen) atoms. The molecule has 0 unspecified atom stereocenters. The van der Waals surface area contributed by atoms with Gasteiger partial charge in [0, 0.05) is 44.0 Å². The van der Waals surface area contributed by atoms with Crippen LogP contribution in [0.25, 0.3) is 0 Å². The minimum atomic E-state index is 0.641. The molecule has 0 spiro atoms. The van der Waals surface area contributed by atoms with Crippen molar-refractivity contribution in [1.82, 2.24) is 15.1 Å². The number of aryl methyl sites for hydroxylation is 2. The topological polar surface area (TPSA) is 79.5 Å². The summed E-state index contributed by atoms with van der Waals surface area (Å²) in [6.07, 6.45) is 0. The van der Waals surface area contributed by atoms with Gasteiger partial charge in [-0.3, -0.25) is 0 Å². The molecule has 0 bridgehead atoms. The van der Waals surface area contributed by atoms with Gasteiger partial charge in [-0.05, 0) is 26.0 Å². The Morgan fingerprint density at radius 2 is 1.71 bits per heavy atom. The van der Waals surface area contributed by atoms with E-state index in [9.17, 15) is 0 Å². The molecule has 146 valence electrons. The number of aromatic nitrogens is 3. The molecule has 1 aliphatic heterocycles. The van der Waals surface area contributed by atoms with Crippen LogP contribution < -0.4 is 19.9 Å². The van der Waals surface area contributed by atoms with Crippen LogP contribution in [0, 0.1) is 13.8 Å². The largest absolute Gasteiger partial charge is 0.495 e. The Balaban J connectivity index is 1.47. The number of nitrogens with zero attached hydrogens (tertiary/aromatic N) is 5. The fraction of sp³-hybridized carbons (Fsp3) is 0.350. The first kappa shape index (κ1) is 18.1. The minimum absolute atomic E-state index is 0.641. The molecule has 1 aliphatic rings. The SMILES string of the molecule is COc1ccccc1N1CCN(c2nc(C)cc(Nc3cc(C)on3)n2)CC1. The second kappa shape index (κ2) is 7.75. The molecule has 4 rings (SSSR count). The summed E-state index contributed by atoms with van der Waals surface area (Å²) in [6.45, 7) is 7.26. The monoisotopic (exact) mass is 380 g/mol. The fourth-order valence-electron chi connectivity index (χ4n) is 3.35. The van der Waals surface area contributed by atoms with Crippen molar-refractivity contribution in [2.45, 2.75) is 13.8 Å². The molecule has 2 aromatic heterocycles. The van der Waals surface area contributed by atoms with Crippen molar-refractivity contribution in [2.75, 3.05) is 48.4 Å². The Labute approximate surface area is 164 Å². The summed E-state index contributed by atoms with van der Waals surface area (Å²) >= 11 is 0. The molecule has 0 atom stereocenters. The standard InChI is InChI=1S/C20H24N6O2/c1-14-12-18(22-19-13-15(2)28-24-19)23-20(21-14)26-10-8-25(9-11-26)16-6-4-5-7-17(16)27-3/h4-7,12-13H,8-11H2,1-3H3,(H,21,22,23,24). The van der Waals surface area contributed by atoms with E-state index in [1.54, 1.807) is 7.11 Å². The number of rotatable bonds is 5. The molecule has 1 N–H and O–H groups in total. The molecule has 1 fully saturated rings. The Bertz CT molecular complexity index is 949. The summed E-state index contributed by atoms with van der Waals surface area (Å²) in [7, 11) is 1.71. The van der Waals surface area contributed by atoms with Crippen molar-refractivity contribution in [3.05, 3.63) is 47.9 Å². The van der Waals surface area contributed by atoms with Crippen LogP contribution in [0.5, 0.6) is 5.75 Å². The summed E-state index contributed by atoms with van der Waals surface area (Å²) in [5.41, 5.74) is 2.03. The Morgan fingerprint density at radius 1 is 0.964 bits per heavy atom. The smallest absolute Gasteiger partial charge is 0.227 e. The van der Waals surface area contributed by atoms with Crippen molar-refractivity contribution >= 4 is 23.3 Å². The maximum absolute atomic E-state index is 5.50. The molecule has 0 aliphatic carbocycles. The number of hydrogen-bond acceptors (Lipinski definition) is 8. The van der Waals surface area contributed by atoms with Crippen molar-refractivity contribution in [1.29, 1.82) is 0 Å². The zero-order valence-corrected chi connectivity index (χ0v) is 16.3. The van der Waals surface area contributed by atoms with Crippen LogP contribution in [0.15, 0.2) is 40.9 Å². The molecule has 8 nitrogen and oxygen atoms in total. The number of hydrogen-bond donors (Lipinski definition) is 1. The molecule has 1 aromatic carbocycles. The van der Waals surface area contributed by atoms with Crippen LogP contribution in [0.2, 0.25) is 0 Å². The molecule has 1 saturated heterocycles. The summed E-state index contributed by atoms with van der Waals surface area (Å²) in [6, 6.07) is 11.9. The van der Waals surface area contributed by atoms with Gasteiger partial charge in [0.05, 0.1) is 12.8 Å². The van der Waals surface area contributed by atoms with Crippen molar-refractivity contribution in [3.63, 3.8) is 0 Å². The van der Waals surface area contributed by atoms with Crippen molar-refractivity contribution in [2.24, 2.45) is 0 Å². The van der Waals surface area contributed by atoms with Gasteiger partial charge < -0.3 is 24.4 Å². The summed E-state index contributed by atoms with van der Waals surface area (Å²) in [5.74, 6) is 3.73. The molecular weight excluding hydrogens is 356 g/mol. The maximum atomic E-state index is 5.50. The average Bonchev–Trinajstić information content (AvgIpc) is 3.12. The quantitative estimate of drug-likeness (QED) is 0.723. The van der Waals surface area contributed by atoms with Gasteiger partial charge in [-0.15, -0.1) is 0 Å². The van der Waals surface area contributed by atoms with E-state index in [-0.39, 0.29) is 0 Å². The summed E-state index contributed by atoms with van der Waals surface area (Å²) in [4.78, 5) is 13.8. The first-order chi connectivity index (χ1) is 13.6. The molecular formula is C20H24N6O2. The van der Waals surface area contributed by atoms with Gasteiger partial charge in [0.25, 0.3) is 0 Å². The van der Waals surface area contributed by atoms with E-state index in [1.165, 1.54) is 0 Å². The van der Waals surface area contributed by atoms with E-state index in [0.29, 0.717) is 11.6 Å². The van der Waals surface area contributed by atoms with Crippen LogP contribution >= 0.6 is 0 Å². The van der Waals surface area contributed by atoms with E-state index in [1.807, 2.05) is 44.2 Å². The Morgan fingerprint density at radius 3 is 2.43 bits per heavy atom. The lowest BCUT2D eigenvalue weighted by molar-refractivity contribution is 0.400. The Hall–Kier alpha value is -3.29. The number of methoxy groups -OCH3 is 1. The number of piperazine rings is 1. The third-order valence-corrected chi connectivity index (χ3v) is 4.71. The highest BCUT2D eigenvalue weighted by Gasteiger charge is 2.21. The highest BCUT2D eigenvalue weighted by Crippen LogP contribution is 2.29. The molecule has 0 radical (unpaired) electrons. The number of anilines is 4.